The molecule has 0 unspecified atom stereocenters. The molecule has 0 saturated carbocycles. The van der Waals surface area contributed by atoms with Crippen LogP contribution in [-0.2, 0) is 19.3 Å². The van der Waals surface area contributed by atoms with Crippen LogP contribution in [0.5, 0.6) is 0 Å². The molecule has 1 N–H and O–H groups in total. The predicted molar refractivity (Wildman–Crippen MR) is 119 cm³/mol. The number of hydrogen-bond acceptors (Lipinski definition) is 4. The molecule has 2 aromatic carbocycles. The maximum Gasteiger partial charge on any atom is 0.416 e. The number of carbonyl (C=O) groups is 1. The van der Waals surface area contributed by atoms with E-state index in [0.717, 1.165) is 16.6 Å². The Bertz CT molecular complexity index is 1360. The second kappa shape index (κ2) is 9.18. The second-order valence-corrected chi connectivity index (χ2v) is 8.16. The molecule has 0 bridgehead atoms. The lowest BCUT2D eigenvalue weighted by molar-refractivity contribution is -0.137. The summed E-state index contributed by atoms with van der Waals surface area (Å²) in [6.45, 7) is 0.497. The Kier molecular flexibility index (Phi) is 6.32. The molecule has 33 heavy (non-hydrogen) atoms. The van der Waals surface area contributed by atoms with E-state index in [4.69, 9.17) is 0 Å². The molecule has 0 spiro atoms. The molecule has 0 radical (unpaired) electrons. The number of hydrogen-bond donors (Lipinski definition) is 1. The second-order valence-electron chi connectivity index (χ2n) is 7.24. The van der Waals surface area contributed by atoms with E-state index in [1.165, 1.54) is 33.9 Å². The van der Waals surface area contributed by atoms with Gasteiger partial charge in [-0.3, -0.25) is 14.2 Å². The van der Waals surface area contributed by atoms with Crippen LogP contribution in [0.1, 0.15) is 21.5 Å². The minimum Gasteiger partial charge on any atom is -0.350 e. The lowest BCUT2D eigenvalue weighted by atomic mass is 10.1. The molecule has 0 aliphatic heterocycles. The smallest absolute Gasteiger partial charge is 0.350 e. The molecule has 0 saturated heterocycles. The first-order valence-electron chi connectivity index (χ1n) is 9.83. The number of alkyl halides is 3. The lowest BCUT2D eigenvalue weighted by Gasteiger charge is -2.10. The Hall–Kier alpha value is -3.47. The van der Waals surface area contributed by atoms with Crippen LogP contribution in [-0.4, -0.2) is 31.8 Å². The predicted octanol–water partition coefficient (Wildman–Crippen LogP) is 3.85. The Morgan fingerprint density at radius 2 is 1.88 bits per heavy atom. The highest BCUT2D eigenvalue weighted by Gasteiger charge is 2.30. The lowest BCUT2D eigenvalue weighted by Crippen LogP contribution is -2.27. The summed E-state index contributed by atoms with van der Waals surface area (Å²) >= 11 is 3.31. The number of nitrogens with zero attached hydrogens (tertiary/aromatic N) is 4. The first kappa shape index (κ1) is 22.7. The number of aromatic nitrogens is 4. The zero-order chi connectivity index (χ0) is 23.6. The highest BCUT2D eigenvalue weighted by atomic mass is 79.9. The number of nitrogens with one attached hydrogen (secondary N) is 1. The van der Waals surface area contributed by atoms with E-state index in [1.54, 1.807) is 24.3 Å². The monoisotopic (exact) mass is 519 g/mol. The Labute approximate surface area is 194 Å². The maximum absolute atomic E-state index is 12.9. The van der Waals surface area contributed by atoms with Gasteiger partial charge in [-0.25, -0.2) is 9.67 Å². The molecule has 11 heteroatoms. The molecular weight excluding hydrogens is 503 g/mol. The summed E-state index contributed by atoms with van der Waals surface area (Å²) in [5.41, 5.74) is -0.0175. The third kappa shape index (κ3) is 5.14. The molecule has 0 aliphatic rings. The van der Waals surface area contributed by atoms with Crippen molar-refractivity contribution in [3.8, 4) is 0 Å². The van der Waals surface area contributed by atoms with Gasteiger partial charge < -0.3 is 5.32 Å². The summed E-state index contributed by atoms with van der Waals surface area (Å²) in [4.78, 5) is 29.3. The van der Waals surface area contributed by atoms with Gasteiger partial charge in [-0.1, -0.05) is 28.1 Å². The van der Waals surface area contributed by atoms with E-state index in [1.807, 2.05) is 0 Å². The Balaban J connectivity index is 1.46. The fraction of sp³-hybridized carbons (Fsp3) is 0.182. The van der Waals surface area contributed by atoms with E-state index in [9.17, 15) is 22.8 Å². The highest BCUT2D eigenvalue weighted by Crippen LogP contribution is 2.29. The first-order chi connectivity index (χ1) is 15.7. The molecule has 4 aromatic rings. The van der Waals surface area contributed by atoms with Crippen molar-refractivity contribution in [3.63, 3.8) is 0 Å². The van der Waals surface area contributed by atoms with E-state index >= 15 is 0 Å². The molecule has 7 nitrogen and oxygen atoms in total. The van der Waals surface area contributed by atoms with Crippen LogP contribution in [0.15, 0.2) is 70.3 Å². The average molecular weight is 520 g/mol. The van der Waals surface area contributed by atoms with Crippen molar-refractivity contribution in [2.45, 2.75) is 19.3 Å². The number of benzene rings is 2. The van der Waals surface area contributed by atoms with Crippen LogP contribution in [0.4, 0.5) is 13.2 Å². The zero-order valence-corrected chi connectivity index (χ0v) is 18.6. The van der Waals surface area contributed by atoms with Gasteiger partial charge in [0.2, 0.25) is 0 Å². The number of rotatable bonds is 6. The summed E-state index contributed by atoms with van der Waals surface area (Å²) in [6, 6.07) is 11.7. The van der Waals surface area contributed by atoms with E-state index in [0.29, 0.717) is 16.8 Å². The van der Waals surface area contributed by atoms with Gasteiger partial charge in [0.1, 0.15) is 11.7 Å². The molecule has 0 aliphatic carbocycles. The minimum absolute atomic E-state index is 0.0554. The van der Waals surface area contributed by atoms with Gasteiger partial charge in [-0.2, -0.15) is 18.3 Å². The first-order valence-corrected chi connectivity index (χ1v) is 10.6. The quantitative estimate of drug-likeness (QED) is 0.419. The van der Waals surface area contributed by atoms with E-state index in [2.05, 4.69) is 31.3 Å². The van der Waals surface area contributed by atoms with Crippen LogP contribution >= 0.6 is 15.9 Å². The highest BCUT2D eigenvalue weighted by molar-refractivity contribution is 9.10. The van der Waals surface area contributed by atoms with Gasteiger partial charge in [0, 0.05) is 16.6 Å². The van der Waals surface area contributed by atoms with Crippen LogP contribution in [0, 0.1) is 0 Å². The van der Waals surface area contributed by atoms with Crippen LogP contribution in [0.3, 0.4) is 0 Å². The normalized spacial score (nSPS) is 11.6. The summed E-state index contributed by atoms with van der Waals surface area (Å²) < 4.78 is 42.4. The Morgan fingerprint density at radius 3 is 2.61 bits per heavy atom. The largest absolute Gasteiger partial charge is 0.416 e. The minimum atomic E-state index is -4.46. The van der Waals surface area contributed by atoms with Crippen molar-refractivity contribution >= 4 is 32.9 Å². The molecule has 170 valence electrons. The van der Waals surface area contributed by atoms with Gasteiger partial charge in [0.05, 0.1) is 24.8 Å². The van der Waals surface area contributed by atoms with Crippen molar-refractivity contribution < 1.29 is 18.0 Å². The van der Waals surface area contributed by atoms with Gasteiger partial charge in [-0.15, -0.1) is 0 Å². The van der Waals surface area contributed by atoms with Crippen molar-refractivity contribution in [3.05, 3.63) is 92.6 Å². The van der Waals surface area contributed by atoms with Crippen molar-refractivity contribution in [1.29, 1.82) is 0 Å². The molecule has 0 atom stereocenters. The van der Waals surface area contributed by atoms with E-state index < -0.39 is 17.3 Å². The third-order valence-electron chi connectivity index (χ3n) is 4.95. The number of fused-ring (bicyclic) bond motifs is 1. The summed E-state index contributed by atoms with van der Waals surface area (Å²) in [6.07, 6.45) is -1.82. The fourth-order valence-corrected chi connectivity index (χ4v) is 3.56. The number of amides is 1. The third-order valence-corrected chi connectivity index (χ3v) is 5.47. The summed E-state index contributed by atoms with van der Waals surface area (Å²) in [5, 5.41) is 7.19. The average Bonchev–Trinajstić information content (AvgIpc) is 3.19. The zero-order valence-electron chi connectivity index (χ0n) is 17.0. The summed E-state index contributed by atoms with van der Waals surface area (Å²) in [7, 11) is 0. The molecule has 2 aromatic heterocycles. The Morgan fingerprint density at radius 1 is 1.12 bits per heavy atom. The van der Waals surface area contributed by atoms with E-state index in [-0.39, 0.29) is 30.9 Å². The molecule has 1 amide bonds. The standard InChI is InChI=1S/C22H17BrF3N5O2/c23-17-6-4-15(5-7-17)20(32)27-8-9-31-19-18(11-29-31)21(33)30(13-28-19)12-14-2-1-3-16(10-14)22(24,25)26/h1-7,10-11,13H,8-9,12H2,(H,27,32). The molecular formula is C22H17BrF3N5O2. The van der Waals surface area contributed by atoms with Crippen molar-refractivity contribution in [1.82, 2.24) is 24.6 Å². The van der Waals surface area contributed by atoms with Gasteiger partial charge in [0.25, 0.3) is 11.5 Å². The maximum atomic E-state index is 12.9. The van der Waals surface area contributed by atoms with Gasteiger partial charge >= 0.3 is 6.18 Å². The molecule has 2 heterocycles. The topological polar surface area (TPSA) is 81.8 Å². The van der Waals surface area contributed by atoms with Gasteiger partial charge in [-0.05, 0) is 42.0 Å². The van der Waals surface area contributed by atoms with Crippen LogP contribution < -0.4 is 10.9 Å². The summed E-state index contributed by atoms with van der Waals surface area (Å²) in [5.74, 6) is -0.240. The molecule has 4 rings (SSSR count). The fourth-order valence-electron chi connectivity index (χ4n) is 3.30. The van der Waals surface area contributed by atoms with Crippen molar-refractivity contribution in [2.24, 2.45) is 0 Å². The number of carbonyl (C=O) groups excluding carboxylic acids is 1. The number of halogens is 4. The van der Waals surface area contributed by atoms with Gasteiger partial charge in [0.15, 0.2) is 5.65 Å². The van der Waals surface area contributed by atoms with Crippen LogP contribution in [0.25, 0.3) is 11.0 Å². The van der Waals surface area contributed by atoms with Crippen molar-refractivity contribution in [2.75, 3.05) is 6.54 Å². The SMILES string of the molecule is O=C(NCCn1ncc2c(=O)n(Cc3cccc(C(F)(F)F)c3)cnc21)c1ccc(Br)cc1. The van der Waals surface area contributed by atoms with Crippen LogP contribution in [0.2, 0.25) is 0 Å². The molecule has 0 fully saturated rings.